The van der Waals surface area contributed by atoms with Crippen LogP contribution >= 0.6 is 15.9 Å². The van der Waals surface area contributed by atoms with E-state index in [1.807, 2.05) is 12.1 Å². The molecule has 0 saturated carbocycles. The maximum absolute atomic E-state index is 10.7. The fourth-order valence-corrected chi connectivity index (χ4v) is 2.23. The molecular weight excluding hydrogens is 274 g/mol. The second-order valence-electron chi connectivity index (χ2n) is 3.57. The van der Waals surface area contributed by atoms with Gasteiger partial charge in [-0.15, -0.1) is 0 Å². The molecule has 0 atom stereocenters. The molecule has 1 N–H and O–H groups in total. The van der Waals surface area contributed by atoms with E-state index in [2.05, 4.69) is 25.8 Å². The SMILES string of the molecule is O=C(O)N1CCN(c2ncccc2Br)CC1. The van der Waals surface area contributed by atoms with Gasteiger partial charge in [0, 0.05) is 32.4 Å². The van der Waals surface area contributed by atoms with Gasteiger partial charge < -0.3 is 14.9 Å². The lowest BCUT2D eigenvalue weighted by atomic mass is 10.3. The summed E-state index contributed by atoms with van der Waals surface area (Å²) in [6, 6.07) is 3.80. The summed E-state index contributed by atoms with van der Waals surface area (Å²) < 4.78 is 0.943. The second-order valence-corrected chi connectivity index (χ2v) is 4.42. The molecule has 2 heterocycles. The fourth-order valence-electron chi connectivity index (χ4n) is 1.72. The molecule has 86 valence electrons. The molecule has 1 aliphatic rings. The highest BCUT2D eigenvalue weighted by molar-refractivity contribution is 9.10. The molecule has 1 amide bonds. The number of hydrogen-bond acceptors (Lipinski definition) is 3. The number of hydrogen-bond donors (Lipinski definition) is 1. The van der Waals surface area contributed by atoms with Crippen LogP contribution < -0.4 is 4.90 Å². The highest BCUT2D eigenvalue weighted by Crippen LogP contribution is 2.23. The van der Waals surface area contributed by atoms with Gasteiger partial charge in [-0.05, 0) is 28.1 Å². The lowest BCUT2D eigenvalue weighted by Crippen LogP contribution is -2.48. The molecule has 0 aromatic carbocycles. The van der Waals surface area contributed by atoms with Crippen molar-refractivity contribution in [3.63, 3.8) is 0 Å². The number of pyridine rings is 1. The Morgan fingerprint density at radius 1 is 1.38 bits per heavy atom. The predicted molar refractivity (Wildman–Crippen MR) is 63.7 cm³/mol. The molecular formula is C10H12BrN3O2. The Balaban J connectivity index is 2.05. The standard InChI is InChI=1S/C10H12BrN3O2/c11-8-2-1-3-12-9(8)13-4-6-14(7-5-13)10(15)16/h1-3H,4-7H2,(H,15,16). The summed E-state index contributed by atoms with van der Waals surface area (Å²) in [7, 11) is 0. The summed E-state index contributed by atoms with van der Waals surface area (Å²) in [5.74, 6) is 0.882. The molecule has 1 aliphatic heterocycles. The number of anilines is 1. The van der Waals surface area contributed by atoms with Crippen molar-refractivity contribution in [2.75, 3.05) is 31.1 Å². The lowest BCUT2D eigenvalue weighted by molar-refractivity contribution is 0.142. The van der Waals surface area contributed by atoms with Crippen LogP contribution in [-0.2, 0) is 0 Å². The number of amides is 1. The van der Waals surface area contributed by atoms with Crippen molar-refractivity contribution in [3.8, 4) is 0 Å². The van der Waals surface area contributed by atoms with Crippen LogP contribution in [0.15, 0.2) is 22.8 Å². The van der Waals surface area contributed by atoms with Crippen LogP contribution in [0.1, 0.15) is 0 Å². The average molecular weight is 286 g/mol. The van der Waals surface area contributed by atoms with Gasteiger partial charge in [0.1, 0.15) is 5.82 Å². The van der Waals surface area contributed by atoms with E-state index in [-0.39, 0.29) is 0 Å². The van der Waals surface area contributed by atoms with Gasteiger partial charge in [0.25, 0.3) is 0 Å². The Morgan fingerprint density at radius 3 is 2.62 bits per heavy atom. The van der Waals surface area contributed by atoms with Crippen molar-refractivity contribution in [1.82, 2.24) is 9.88 Å². The van der Waals surface area contributed by atoms with E-state index in [9.17, 15) is 4.79 Å². The minimum absolute atomic E-state index is 0.526. The van der Waals surface area contributed by atoms with Crippen molar-refractivity contribution in [2.24, 2.45) is 0 Å². The summed E-state index contributed by atoms with van der Waals surface area (Å²) in [6.07, 6.45) is 0.892. The number of carboxylic acid groups (broad SMARTS) is 1. The molecule has 16 heavy (non-hydrogen) atoms. The van der Waals surface area contributed by atoms with Crippen LogP contribution in [0.3, 0.4) is 0 Å². The third kappa shape index (κ3) is 2.27. The van der Waals surface area contributed by atoms with E-state index in [0.29, 0.717) is 26.2 Å². The normalized spacial score (nSPS) is 16.3. The molecule has 0 unspecified atom stereocenters. The summed E-state index contributed by atoms with van der Waals surface area (Å²) in [4.78, 5) is 18.5. The van der Waals surface area contributed by atoms with Gasteiger partial charge in [0.2, 0.25) is 0 Å². The summed E-state index contributed by atoms with van der Waals surface area (Å²) >= 11 is 3.44. The molecule has 0 bridgehead atoms. The molecule has 1 aromatic heterocycles. The molecule has 2 rings (SSSR count). The predicted octanol–water partition coefficient (Wildman–Crippen LogP) is 1.64. The van der Waals surface area contributed by atoms with E-state index in [0.717, 1.165) is 10.3 Å². The van der Waals surface area contributed by atoms with Crippen LogP contribution in [0.4, 0.5) is 10.6 Å². The monoisotopic (exact) mass is 285 g/mol. The van der Waals surface area contributed by atoms with Crippen molar-refractivity contribution in [1.29, 1.82) is 0 Å². The van der Waals surface area contributed by atoms with Crippen LogP contribution in [0.25, 0.3) is 0 Å². The summed E-state index contributed by atoms with van der Waals surface area (Å²) in [5.41, 5.74) is 0. The number of carbonyl (C=O) groups is 1. The number of halogens is 1. The Labute approximate surface area is 102 Å². The molecule has 1 fully saturated rings. The number of aromatic nitrogens is 1. The third-order valence-corrected chi connectivity index (χ3v) is 3.21. The van der Waals surface area contributed by atoms with Crippen molar-refractivity contribution in [3.05, 3.63) is 22.8 Å². The van der Waals surface area contributed by atoms with Gasteiger partial charge in [0.05, 0.1) is 4.47 Å². The number of rotatable bonds is 1. The Kier molecular flexibility index (Phi) is 3.28. The van der Waals surface area contributed by atoms with Gasteiger partial charge in [-0.25, -0.2) is 9.78 Å². The average Bonchev–Trinajstić information content (AvgIpc) is 2.30. The topological polar surface area (TPSA) is 56.7 Å². The van der Waals surface area contributed by atoms with E-state index < -0.39 is 6.09 Å². The molecule has 0 spiro atoms. The van der Waals surface area contributed by atoms with E-state index in [4.69, 9.17) is 5.11 Å². The zero-order chi connectivity index (χ0) is 11.5. The fraction of sp³-hybridized carbons (Fsp3) is 0.400. The van der Waals surface area contributed by atoms with Crippen LogP contribution in [0, 0.1) is 0 Å². The van der Waals surface area contributed by atoms with E-state index in [1.165, 1.54) is 4.90 Å². The maximum Gasteiger partial charge on any atom is 0.407 e. The molecule has 5 nitrogen and oxygen atoms in total. The van der Waals surface area contributed by atoms with Crippen molar-refractivity contribution in [2.45, 2.75) is 0 Å². The van der Waals surface area contributed by atoms with E-state index in [1.54, 1.807) is 6.20 Å². The van der Waals surface area contributed by atoms with Crippen molar-refractivity contribution < 1.29 is 9.90 Å². The first-order valence-electron chi connectivity index (χ1n) is 5.02. The molecule has 1 saturated heterocycles. The largest absolute Gasteiger partial charge is 0.465 e. The number of piperazine rings is 1. The van der Waals surface area contributed by atoms with Crippen molar-refractivity contribution >= 4 is 27.8 Å². The Morgan fingerprint density at radius 2 is 2.06 bits per heavy atom. The van der Waals surface area contributed by atoms with Gasteiger partial charge >= 0.3 is 6.09 Å². The smallest absolute Gasteiger partial charge is 0.407 e. The Bertz CT molecular complexity index is 391. The first kappa shape index (κ1) is 11.2. The van der Waals surface area contributed by atoms with Gasteiger partial charge in [-0.2, -0.15) is 0 Å². The van der Waals surface area contributed by atoms with Crippen LogP contribution in [-0.4, -0.2) is 47.3 Å². The third-order valence-electron chi connectivity index (χ3n) is 2.59. The van der Waals surface area contributed by atoms with Gasteiger partial charge in [-0.1, -0.05) is 0 Å². The minimum Gasteiger partial charge on any atom is -0.465 e. The van der Waals surface area contributed by atoms with E-state index >= 15 is 0 Å². The van der Waals surface area contributed by atoms with Crippen LogP contribution in [0.5, 0.6) is 0 Å². The Hall–Kier alpha value is -1.30. The first-order valence-corrected chi connectivity index (χ1v) is 5.81. The lowest BCUT2D eigenvalue weighted by Gasteiger charge is -2.34. The van der Waals surface area contributed by atoms with Gasteiger partial charge in [-0.3, -0.25) is 0 Å². The van der Waals surface area contributed by atoms with Crippen LogP contribution in [0.2, 0.25) is 0 Å². The first-order chi connectivity index (χ1) is 7.68. The summed E-state index contributed by atoms with van der Waals surface area (Å²) in [5, 5.41) is 8.83. The molecule has 6 heteroatoms. The molecule has 0 radical (unpaired) electrons. The zero-order valence-electron chi connectivity index (χ0n) is 8.64. The molecule has 0 aliphatic carbocycles. The van der Waals surface area contributed by atoms with Gasteiger partial charge in [0.15, 0.2) is 0 Å². The maximum atomic E-state index is 10.7. The molecule has 1 aromatic rings. The summed E-state index contributed by atoms with van der Waals surface area (Å²) in [6.45, 7) is 2.42. The minimum atomic E-state index is -0.847. The second kappa shape index (κ2) is 4.69. The highest BCUT2D eigenvalue weighted by atomic mass is 79.9. The quantitative estimate of drug-likeness (QED) is 0.852. The number of nitrogens with zero attached hydrogens (tertiary/aromatic N) is 3. The highest BCUT2D eigenvalue weighted by Gasteiger charge is 2.21. The zero-order valence-corrected chi connectivity index (χ0v) is 10.2.